The molecule has 0 radical (unpaired) electrons. The number of nitrogens with zero attached hydrogens (tertiary/aromatic N) is 1. The lowest BCUT2D eigenvalue weighted by Crippen LogP contribution is -2.30. The molecule has 3 rings (SSSR count). The maximum atomic E-state index is 9.57. The van der Waals surface area contributed by atoms with E-state index in [0.717, 1.165) is 30.8 Å². The molecule has 0 aliphatic carbocycles. The fourth-order valence-electron chi connectivity index (χ4n) is 3.22. The molecule has 0 saturated carbocycles. The summed E-state index contributed by atoms with van der Waals surface area (Å²) in [5.74, 6) is 1.32. The minimum absolute atomic E-state index is 0. The summed E-state index contributed by atoms with van der Waals surface area (Å²) in [5, 5.41) is 9.57. The van der Waals surface area contributed by atoms with Crippen molar-refractivity contribution < 1.29 is 9.84 Å². The van der Waals surface area contributed by atoms with Crippen molar-refractivity contribution in [1.82, 2.24) is 4.90 Å². The molecular formula is C20H26ClNO2. The summed E-state index contributed by atoms with van der Waals surface area (Å²) >= 11 is 0. The molecule has 0 aromatic heterocycles. The molecule has 1 atom stereocenters. The third-order valence-electron chi connectivity index (χ3n) is 4.67. The van der Waals surface area contributed by atoms with Crippen molar-refractivity contribution in [2.75, 3.05) is 20.2 Å². The number of halogens is 1. The summed E-state index contributed by atoms with van der Waals surface area (Å²) in [6.07, 6.45) is 4.31. The minimum atomic E-state index is 0. The van der Waals surface area contributed by atoms with Crippen LogP contribution in [0.15, 0.2) is 48.5 Å². The maximum Gasteiger partial charge on any atom is 0.122 e. The van der Waals surface area contributed by atoms with E-state index >= 15 is 0 Å². The van der Waals surface area contributed by atoms with Crippen LogP contribution in [0.2, 0.25) is 0 Å². The summed E-state index contributed by atoms with van der Waals surface area (Å²) in [7, 11) is 2.18. The number of benzene rings is 2. The molecule has 0 amide bonds. The van der Waals surface area contributed by atoms with Crippen molar-refractivity contribution in [2.45, 2.75) is 31.7 Å². The fraction of sp³-hybridized carbons (Fsp3) is 0.400. The minimum Gasteiger partial charge on any atom is -0.508 e. The summed E-state index contributed by atoms with van der Waals surface area (Å²) in [5.41, 5.74) is 2.38. The molecule has 2 aromatic rings. The standard InChI is InChI=1S/C20H25NO2.ClH/c1-21-13-5-8-18(21)15-23-20-10-3-2-7-17(20)12-11-16-6-4-9-19(22)14-16;/h2-4,6-7,9-10,14,18,22H,5,8,11-13,15H2,1H3;1H. The van der Waals surface area contributed by atoms with Crippen molar-refractivity contribution in [1.29, 1.82) is 0 Å². The van der Waals surface area contributed by atoms with Crippen molar-refractivity contribution in [2.24, 2.45) is 0 Å². The van der Waals surface area contributed by atoms with Gasteiger partial charge in [-0.05, 0) is 68.6 Å². The maximum absolute atomic E-state index is 9.57. The van der Waals surface area contributed by atoms with E-state index in [1.165, 1.54) is 24.9 Å². The molecule has 3 nitrogen and oxygen atoms in total. The molecule has 130 valence electrons. The zero-order chi connectivity index (χ0) is 16.1. The molecule has 1 N–H and O–H groups in total. The van der Waals surface area contributed by atoms with Crippen LogP contribution in [0.25, 0.3) is 0 Å². The van der Waals surface area contributed by atoms with Gasteiger partial charge in [0.1, 0.15) is 18.1 Å². The van der Waals surface area contributed by atoms with E-state index in [0.29, 0.717) is 11.8 Å². The van der Waals surface area contributed by atoms with E-state index in [-0.39, 0.29) is 12.4 Å². The molecule has 1 aliphatic heterocycles. The second kappa shape index (κ2) is 8.95. The molecule has 24 heavy (non-hydrogen) atoms. The van der Waals surface area contributed by atoms with E-state index in [1.807, 2.05) is 18.2 Å². The molecule has 4 heteroatoms. The number of aryl methyl sites for hydroxylation is 2. The van der Waals surface area contributed by atoms with Gasteiger partial charge in [0.05, 0.1) is 0 Å². The van der Waals surface area contributed by atoms with Gasteiger partial charge in [0.2, 0.25) is 0 Å². The van der Waals surface area contributed by atoms with Gasteiger partial charge < -0.3 is 14.7 Å². The number of aromatic hydroxyl groups is 1. The molecular weight excluding hydrogens is 322 g/mol. The number of para-hydroxylation sites is 1. The summed E-state index contributed by atoms with van der Waals surface area (Å²) in [6, 6.07) is 16.3. The number of phenols is 1. The topological polar surface area (TPSA) is 32.7 Å². The van der Waals surface area contributed by atoms with Crippen LogP contribution in [0.1, 0.15) is 24.0 Å². The summed E-state index contributed by atoms with van der Waals surface area (Å²) in [4.78, 5) is 2.38. The first-order chi connectivity index (χ1) is 11.2. The molecule has 2 aromatic carbocycles. The molecule has 1 unspecified atom stereocenters. The highest BCUT2D eigenvalue weighted by Crippen LogP contribution is 2.23. The zero-order valence-corrected chi connectivity index (χ0v) is 15.0. The molecule has 0 bridgehead atoms. The van der Waals surface area contributed by atoms with Crippen LogP contribution in [0.5, 0.6) is 11.5 Å². The Bertz CT molecular complexity index is 647. The molecule has 1 saturated heterocycles. The summed E-state index contributed by atoms with van der Waals surface area (Å²) in [6.45, 7) is 1.94. The number of likely N-dealkylation sites (N-methyl/N-ethyl adjacent to an activating group) is 1. The van der Waals surface area contributed by atoms with Gasteiger partial charge in [0, 0.05) is 6.04 Å². The van der Waals surface area contributed by atoms with Gasteiger partial charge in [0.25, 0.3) is 0 Å². The highest BCUT2D eigenvalue weighted by molar-refractivity contribution is 5.85. The molecule has 1 heterocycles. The number of phenolic OH excluding ortho intramolecular Hbond substituents is 1. The van der Waals surface area contributed by atoms with Crippen molar-refractivity contribution in [3.63, 3.8) is 0 Å². The summed E-state index contributed by atoms with van der Waals surface area (Å²) < 4.78 is 6.11. The number of rotatable bonds is 6. The fourth-order valence-corrected chi connectivity index (χ4v) is 3.22. The lowest BCUT2D eigenvalue weighted by atomic mass is 10.0. The van der Waals surface area contributed by atoms with Crippen LogP contribution in [0.4, 0.5) is 0 Å². The Morgan fingerprint density at radius 2 is 1.96 bits per heavy atom. The molecule has 1 fully saturated rings. The van der Waals surface area contributed by atoms with Gasteiger partial charge >= 0.3 is 0 Å². The second-order valence-corrected chi connectivity index (χ2v) is 6.37. The lowest BCUT2D eigenvalue weighted by Gasteiger charge is -2.20. The predicted octanol–water partition coefficient (Wildman–Crippen LogP) is 4.07. The van der Waals surface area contributed by atoms with Gasteiger partial charge in [-0.2, -0.15) is 0 Å². The highest BCUT2D eigenvalue weighted by Gasteiger charge is 2.21. The van der Waals surface area contributed by atoms with E-state index in [9.17, 15) is 5.11 Å². The Kier molecular flexibility index (Phi) is 6.95. The lowest BCUT2D eigenvalue weighted by molar-refractivity contribution is 0.197. The quantitative estimate of drug-likeness (QED) is 0.854. The average molecular weight is 348 g/mol. The van der Waals surface area contributed by atoms with Crippen LogP contribution in [0.3, 0.4) is 0 Å². The first-order valence-electron chi connectivity index (χ1n) is 8.41. The first-order valence-corrected chi connectivity index (χ1v) is 8.41. The van der Waals surface area contributed by atoms with E-state index < -0.39 is 0 Å². The van der Waals surface area contributed by atoms with Crippen molar-refractivity contribution in [3.8, 4) is 11.5 Å². The number of ether oxygens (including phenoxy) is 1. The van der Waals surface area contributed by atoms with Gasteiger partial charge in [0.15, 0.2) is 0 Å². The number of hydrogen-bond donors (Lipinski definition) is 1. The van der Waals surface area contributed by atoms with Crippen molar-refractivity contribution in [3.05, 3.63) is 59.7 Å². The van der Waals surface area contributed by atoms with Crippen LogP contribution in [-0.2, 0) is 12.8 Å². The average Bonchev–Trinajstić information content (AvgIpc) is 2.97. The van der Waals surface area contributed by atoms with Gasteiger partial charge in [-0.25, -0.2) is 0 Å². The SMILES string of the molecule is CN1CCCC1COc1ccccc1CCc1cccc(O)c1.Cl. The van der Waals surface area contributed by atoms with Crippen LogP contribution in [0, 0.1) is 0 Å². The largest absolute Gasteiger partial charge is 0.508 e. The monoisotopic (exact) mass is 347 g/mol. The van der Waals surface area contributed by atoms with Gasteiger partial charge in [-0.1, -0.05) is 30.3 Å². The van der Waals surface area contributed by atoms with Crippen molar-refractivity contribution >= 4 is 12.4 Å². The molecule has 1 aliphatic rings. The highest BCUT2D eigenvalue weighted by atomic mass is 35.5. The van der Waals surface area contributed by atoms with Crippen LogP contribution >= 0.6 is 12.4 Å². The van der Waals surface area contributed by atoms with Crippen LogP contribution < -0.4 is 4.74 Å². The third kappa shape index (κ3) is 4.89. The second-order valence-electron chi connectivity index (χ2n) is 6.37. The Morgan fingerprint density at radius 3 is 2.71 bits per heavy atom. The molecule has 0 spiro atoms. The number of likely N-dealkylation sites (tertiary alicyclic amines) is 1. The Morgan fingerprint density at radius 1 is 1.12 bits per heavy atom. The van der Waals surface area contributed by atoms with Gasteiger partial charge in [-0.3, -0.25) is 0 Å². The Balaban J connectivity index is 0.00000208. The van der Waals surface area contributed by atoms with Crippen LogP contribution in [-0.4, -0.2) is 36.2 Å². The smallest absolute Gasteiger partial charge is 0.122 e. The zero-order valence-electron chi connectivity index (χ0n) is 14.1. The number of hydrogen-bond acceptors (Lipinski definition) is 3. The van der Waals surface area contributed by atoms with Gasteiger partial charge in [-0.15, -0.1) is 12.4 Å². The Labute approximate surface area is 150 Å². The Hall–Kier alpha value is -1.71. The predicted molar refractivity (Wildman–Crippen MR) is 100 cm³/mol. The normalized spacial score (nSPS) is 17.5. The van der Waals surface area contributed by atoms with E-state index in [4.69, 9.17) is 4.74 Å². The van der Waals surface area contributed by atoms with E-state index in [2.05, 4.69) is 36.2 Å². The first kappa shape index (κ1) is 18.6. The van der Waals surface area contributed by atoms with E-state index in [1.54, 1.807) is 6.07 Å². The third-order valence-corrected chi connectivity index (χ3v) is 4.67.